The molecule has 0 aliphatic heterocycles. The number of carbonyl (C=O) groups excluding carboxylic acids is 3. The summed E-state index contributed by atoms with van der Waals surface area (Å²) < 4.78 is 0. The first-order valence-corrected chi connectivity index (χ1v) is 13.5. The molecule has 14 N–H and O–H groups in total. The summed E-state index contributed by atoms with van der Waals surface area (Å²) in [4.78, 5) is 65.7. The van der Waals surface area contributed by atoms with Gasteiger partial charge < -0.3 is 54.2 Å². The summed E-state index contributed by atoms with van der Waals surface area (Å²) in [5, 5.41) is 35.4. The van der Waals surface area contributed by atoms with Crippen molar-refractivity contribution < 1.29 is 39.3 Å². The van der Waals surface area contributed by atoms with E-state index < -0.39 is 60.2 Å². The van der Waals surface area contributed by atoms with Crippen LogP contribution in [0.4, 0.5) is 0 Å². The van der Waals surface area contributed by atoms with Crippen molar-refractivity contribution in [3.8, 4) is 5.75 Å². The molecule has 0 bridgehead atoms. The second-order valence-corrected chi connectivity index (χ2v) is 9.66. The van der Waals surface area contributed by atoms with Gasteiger partial charge in [-0.3, -0.25) is 24.2 Å². The van der Waals surface area contributed by atoms with E-state index in [1.54, 1.807) is 12.1 Å². The molecule has 4 unspecified atom stereocenters. The number of carboxylic acid groups (broad SMARTS) is 2. The monoisotopic (exact) mass is 594 g/mol. The number of nitrogens with one attached hydrogen (secondary N) is 3. The molecule has 1 rings (SSSR count). The Labute approximate surface area is 243 Å². The van der Waals surface area contributed by atoms with Crippen LogP contribution in [0.5, 0.6) is 5.75 Å². The van der Waals surface area contributed by atoms with Crippen LogP contribution in [0.25, 0.3) is 0 Å². The third-order valence-corrected chi connectivity index (χ3v) is 6.15. The highest BCUT2D eigenvalue weighted by Gasteiger charge is 2.30. The Hall–Kier alpha value is -4.44. The number of phenols is 1. The standard InChI is InChI=1S/C26H42N8O8/c27-12-2-1-4-18(32-22(38)17(28)14-15-6-8-16(35)9-7-15)23(39)33-19(10-11-21(36)37)24(40)34-20(25(41)42)5-3-13-31-26(29)30/h6-9,17-20,35H,1-5,10-14,27-28H2,(H,32,38)(H,33,39)(H,34,40)(H,36,37)(H,41,42)(H4,29,30,31). The normalized spacial score (nSPS) is 13.6. The molecule has 0 heterocycles. The van der Waals surface area contributed by atoms with E-state index in [0.717, 1.165) is 0 Å². The lowest BCUT2D eigenvalue weighted by Crippen LogP contribution is -2.57. The van der Waals surface area contributed by atoms with Crippen molar-refractivity contribution >= 4 is 35.6 Å². The van der Waals surface area contributed by atoms with Crippen molar-refractivity contribution in [2.45, 2.75) is 75.5 Å². The number of carboxylic acids is 2. The number of guanidine groups is 1. The first-order valence-electron chi connectivity index (χ1n) is 13.5. The molecule has 0 fully saturated rings. The lowest BCUT2D eigenvalue weighted by molar-refractivity contribution is -0.143. The zero-order valence-corrected chi connectivity index (χ0v) is 23.3. The highest BCUT2D eigenvalue weighted by molar-refractivity contribution is 5.94. The van der Waals surface area contributed by atoms with Crippen LogP contribution < -0.4 is 38.9 Å². The van der Waals surface area contributed by atoms with Crippen molar-refractivity contribution in [3.05, 3.63) is 29.8 Å². The van der Waals surface area contributed by atoms with Crippen LogP contribution in [0.2, 0.25) is 0 Å². The Morgan fingerprint density at radius 3 is 1.88 bits per heavy atom. The van der Waals surface area contributed by atoms with E-state index in [-0.39, 0.29) is 50.4 Å². The molecule has 0 saturated carbocycles. The Morgan fingerprint density at radius 1 is 0.786 bits per heavy atom. The first-order chi connectivity index (χ1) is 19.8. The number of phenolic OH excluding ortho intramolecular Hbond substituents is 1. The molecule has 0 saturated heterocycles. The second kappa shape index (κ2) is 18.8. The maximum absolute atomic E-state index is 13.2. The molecule has 0 aromatic heterocycles. The summed E-state index contributed by atoms with van der Waals surface area (Å²) in [5.41, 5.74) is 22.8. The minimum atomic E-state index is -1.41. The van der Waals surface area contributed by atoms with Crippen LogP contribution in [-0.2, 0) is 30.4 Å². The maximum atomic E-state index is 13.2. The molecule has 3 amide bonds. The van der Waals surface area contributed by atoms with Crippen molar-refractivity contribution in [2.24, 2.45) is 27.9 Å². The van der Waals surface area contributed by atoms with Gasteiger partial charge in [-0.2, -0.15) is 0 Å². The summed E-state index contributed by atoms with van der Waals surface area (Å²) in [7, 11) is 0. The van der Waals surface area contributed by atoms with E-state index in [1.165, 1.54) is 12.1 Å². The minimum absolute atomic E-state index is 0.0336. The molecule has 0 radical (unpaired) electrons. The van der Waals surface area contributed by atoms with Gasteiger partial charge in [0.05, 0.1) is 6.04 Å². The average Bonchev–Trinajstić information content (AvgIpc) is 2.92. The molecule has 16 nitrogen and oxygen atoms in total. The molecule has 234 valence electrons. The fourth-order valence-electron chi connectivity index (χ4n) is 3.86. The number of carbonyl (C=O) groups is 5. The highest BCUT2D eigenvalue weighted by atomic mass is 16.4. The number of rotatable bonds is 20. The summed E-state index contributed by atoms with van der Waals surface area (Å²) in [6.07, 6.45) is 0.616. The minimum Gasteiger partial charge on any atom is -0.508 e. The van der Waals surface area contributed by atoms with Gasteiger partial charge in [0.1, 0.15) is 23.9 Å². The van der Waals surface area contributed by atoms with Gasteiger partial charge in [-0.25, -0.2) is 4.79 Å². The number of aliphatic carboxylic acids is 2. The van der Waals surface area contributed by atoms with Crippen molar-refractivity contribution in [2.75, 3.05) is 13.1 Å². The molecule has 16 heteroatoms. The molecule has 1 aromatic rings. The highest BCUT2D eigenvalue weighted by Crippen LogP contribution is 2.12. The van der Waals surface area contributed by atoms with E-state index >= 15 is 0 Å². The summed E-state index contributed by atoms with van der Waals surface area (Å²) in [5.74, 6) is -5.02. The summed E-state index contributed by atoms with van der Waals surface area (Å²) in [6, 6.07) is 1.16. The quantitative estimate of drug-likeness (QED) is 0.0439. The number of amides is 3. The van der Waals surface area contributed by atoms with Gasteiger partial charge in [-0.15, -0.1) is 0 Å². The third kappa shape index (κ3) is 14.3. The Kier molecular flexibility index (Phi) is 15.9. The van der Waals surface area contributed by atoms with Gasteiger partial charge in [0.2, 0.25) is 17.7 Å². The van der Waals surface area contributed by atoms with Crippen molar-refractivity contribution in [1.29, 1.82) is 0 Å². The number of hydrogen-bond acceptors (Lipinski definition) is 9. The molecule has 0 aliphatic carbocycles. The van der Waals surface area contributed by atoms with Crippen LogP contribution in [-0.4, -0.2) is 88.2 Å². The molecule has 0 aliphatic rings. The van der Waals surface area contributed by atoms with Crippen LogP contribution in [0.15, 0.2) is 29.3 Å². The second-order valence-electron chi connectivity index (χ2n) is 9.66. The van der Waals surface area contributed by atoms with Gasteiger partial charge in [0.15, 0.2) is 5.96 Å². The predicted octanol–water partition coefficient (Wildman–Crippen LogP) is -2.15. The zero-order valence-electron chi connectivity index (χ0n) is 23.3. The SMILES string of the molecule is NCCCCC(NC(=O)C(N)Cc1ccc(O)cc1)C(=O)NC(CCC(=O)O)C(=O)NC(CCCN=C(N)N)C(=O)O. The van der Waals surface area contributed by atoms with Gasteiger partial charge in [-0.05, 0) is 69.2 Å². The zero-order chi connectivity index (χ0) is 31.7. The third-order valence-electron chi connectivity index (χ3n) is 6.15. The first kappa shape index (κ1) is 35.6. The number of hydrogen-bond donors (Lipinski definition) is 10. The number of nitrogens with two attached hydrogens (primary N) is 4. The van der Waals surface area contributed by atoms with E-state index in [9.17, 15) is 34.2 Å². The van der Waals surface area contributed by atoms with Crippen LogP contribution in [0, 0.1) is 0 Å². The van der Waals surface area contributed by atoms with E-state index in [2.05, 4.69) is 20.9 Å². The van der Waals surface area contributed by atoms with E-state index in [1.807, 2.05) is 0 Å². The van der Waals surface area contributed by atoms with Crippen molar-refractivity contribution in [3.63, 3.8) is 0 Å². The Balaban J connectivity index is 2.99. The fourth-order valence-corrected chi connectivity index (χ4v) is 3.86. The number of aromatic hydroxyl groups is 1. The molecule has 4 atom stereocenters. The maximum Gasteiger partial charge on any atom is 0.326 e. The summed E-state index contributed by atoms with van der Waals surface area (Å²) in [6.45, 7) is 0.465. The van der Waals surface area contributed by atoms with Crippen molar-refractivity contribution in [1.82, 2.24) is 16.0 Å². The van der Waals surface area contributed by atoms with Gasteiger partial charge >= 0.3 is 11.9 Å². The average molecular weight is 595 g/mol. The number of benzene rings is 1. The van der Waals surface area contributed by atoms with E-state index in [0.29, 0.717) is 24.9 Å². The molecular formula is C26H42N8O8. The molecule has 1 aromatic carbocycles. The lowest BCUT2D eigenvalue weighted by atomic mass is 10.0. The molecule has 42 heavy (non-hydrogen) atoms. The predicted molar refractivity (Wildman–Crippen MR) is 153 cm³/mol. The Morgan fingerprint density at radius 2 is 1.33 bits per heavy atom. The van der Waals surface area contributed by atoms with Crippen LogP contribution >= 0.6 is 0 Å². The van der Waals surface area contributed by atoms with Gasteiger partial charge in [-0.1, -0.05) is 12.1 Å². The van der Waals surface area contributed by atoms with Gasteiger partial charge in [0.25, 0.3) is 0 Å². The lowest BCUT2D eigenvalue weighted by Gasteiger charge is -2.25. The number of unbranched alkanes of at least 4 members (excludes halogenated alkanes) is 1. The molecule has 0 spiro atoms. The largest absolute Gasteiger partial charge is 0.508 e. The summed E-state index contributed by atoms with van der Waals surface area (Å²) >= 11 is 0. The van der Waals surface area contributed by atoms with Crippen LogP contribution in [0.1, 0.15) is 50.5 Å². The topological polar surface area (TPSA) is 299 Å². The van der Waals surface area contributed by atoms with Crippen LogP contribution in [0.3, 0.4) is 0 Å². The number of nitrogens with zero attached hydrogens (tertiary/aromatic N) is 1. The number of aliphatic imine (C=N–C) groups is 1. The van der Waals surface area contributed by atoms with E-state index in [4.69, 9.17) is 28.0 Å². The Bertz CT molecular complexity index is 1080. The molecular weight excluding hydrogens is 552 g/mol. The van der Waals surface area contributed by atoms with Gasteiger partial charge in [0, 0.05) is 13.0 Å². The smallest absolute Gasteiger partial charge is 0.326 e. The fraction of sp³-hybridized carbons (Fsp3) is 0.538.